The Morgan fingerprint density at radius 3 is 2.19 bits per heavy atom. The van der Waals surface area contributed by atoms with Gasteiger partial charge in [0.2, 0.25) is 15.9 Å². The second-order valence-corrected chi connectivity index (χ2v) is 7.20. The van der Waals surface area contributed by atoms with Crippen molar-refractivity contribution in [1.29, 1.82) is 0 Å². The highest BCUT2D eigenvalue weighted by Crippen LogP contribution is 2.14. The van der Waals surface area contributed by atoms with Crippen molar-refractivity contribution in [2.75, 3.05) is 13.6 Å². The molecule has 0 saturated heterocycles. The lowest BCUT2D eigenvalue weighted by Gasteiger charge is -2.19. The van der Waals surface area contributed by atoms with Crippen molar-refractivity contribution in [3.8, 4) is 0 Å². The average molecular weight is 312 g/mol. The van der Waals surface area contributed by atoms with Gasteiger partial charge < -0.3 is 5.32 Å². The summed E-state index contributed by atoms with van der Waals surface area (Å²) in [5.41, 5.74) is 0.989. The molecule has 0 aliphatic heterocycles. The van der Waals surface area contributed by atoms with Crippen molar-refractivity contribution >= 4 is 15.9 Å². The van der Waals surface area contributed by atoms with E-state index in [-0.39, 0.29) is 23.4 Å². The van der Waals surface area contributed by atoms with Crippen LogP contribution in [0.15, 0.2) is 29.2 Å². The van der Waals surface area contributed by atoms with E-state index in [1.807, 2.05) is 20.8 Å². The number of carbonyl (C=O) groups is 1. The van der Waals surface area contributed by atoms with E-state index in [1.54, 1.807) is 24.3 Å². The number of amides is 1. The lowest BCUT2D eigenvalue weighted by atomic mass is 10.2. The second kappa shape index (κ2) is 7.56. The third-order valence-corrected chi connectivity index (χ3v) is 5.26. The third-order valence-electron chi connectivity index (χ3n) is 3.45. The van der Waals surface area contributed by atoms with Gasteiger partial charge in [-0.2, -0.15) is 4.31 Å². The maximum Gasteiger partial charge on any atom is 0.243 e. The highest BCUT2D eigenvalue weighted by Gasteiger charge is 2.23. The molecule has 5 nitrogen and oxygen atoms in total. The van der Waals surface area contributed by atoms with Gasteiger partial charge in [0.25, 0.3) is 0 Å². The minimum absolute atomic E-state index is 0.0907. The van der Waals surface area contributed by atoms with Gasteiger partial charge in [-0.1, -0.05) is 31.5 Å². The smallest absolute Gasteiger partial charge is 0.243 e. The first-order valence-electron chi connectivity index (χ1n) is 7.13. The zero-order chi connectivity index (χ0) is 16.0. The lowest BCUT2D eigenvalue weighted by Crippen LogP contribution is -2.42. The van der Waals surface area contributed by atoms with Gasteiger partial charge in [-0.05, 0) is 31.9 Å². The number of hydrogen-bond donors (Lipinski definition) is 1. The van der Waals surface area contributed by atoms with E-state index < -0.39 is 10.0 Å². The molecule has 21 heavy (non-hydrogen) atoms. The van der Waals surface area contributed by atoms with Gasteiger partial charge in [-0.3, -0.25) is 4.79 Å². The van der Waals surface area contributed by atoms with E-state index in [0.717, 1.165) is 22.7 Å². The summed E-state index contributed by atoms with van der Waals surface area (Å²) in [6.07, 6.45) is 1.66. The van der Waals surface area contributed by atoms with Crippen LogP contribution in [-0.4, -0.2) is 38.3 Å². The Bertz CT molecular complexity index is 563. The summed E-state index contributed by atoms with van der Waals surface area (Å²) in [7, 11) is -2.21. The highest BCUT2D eigenvalue weighted by molar-refractivity contribution is 7.89. The number of nitrogens with one attached hydrogen (secondary N) is 1. The molecule has 1 N–H and O–H groups in total. The van der Waals surface area contributed by atoms with Crippen LogP contribution in [0, 0.1) is 6.92 Å². The summed E-state index contributed by atoms with van der Waals surface area (Å²) in [6.45, 7) is 5.69. The first kappa shape index (κ1) is 17.7. The highest BCUT2D eigenvalue weighted by atomic mass is 32.2. The molecule has 0 aliphatic carbocycles. The van der Waals surface area contributed by atoms with Crippen molar-refractivity contribution < 1.29 is 13.2 Å². The molecule has 0 heterocycles. The lowest BCUT2D eigenvalue weighted by molar-refractivity contribution is -0.121. The molecule has 1 amide bonds. The van der Waals surface area contributed by atoms with Gasteiger partial charge in [0, 0.05) is 13.1 Å². The van der Waals surface area contributed by atoms with E-state index >= 15 is 0 Å². The standard InChI is InChI=1S/C15H24N2O3S/c1-5-13(6-2)16-15(18)11-17(4)21(19,20)14-9-7-12(3)8-10-14/h7-10,13H,5-6,11H2,1-4H3,(H,16,18). The number of benzene rings is 1. The Balaban J connectivity index is 2.76. The normalized spacial score (nSPS) is 11.9. The van der Waals surface area contributed by atoms with Crippen LogP contribution in [0.1, 0.15) is 32.3 Å². The van der Waals surface area contributed by atoms with Crippen molar-refractivity contribution in [3.63, 3.8) is 0 Å². The molecule has 0 atom stereocenters. The van der Waals surface area contributed by atoms with Gasteiger partial charge >= 0.3 is 0 Å². The van der Waals surface area contributed by atoms with Gasteiger partial charge in [0.05, 0.1) is 11.4 Å². The van der Waals surface area contributed by atoms with E-state index in [4.69, 9.17) is 0 Å². The molecular formula is C15H24N2O3S. The van der Waals surface area contributed by atoms with Gasteiger partial charge in [-0.15, -0.1) is 0 Å². The van der Waals surface area contributed by atoms with Crippen LogP contribution in [0.5, 0.6) is 0 Å². The minimum Gasteiger partial charge on any atom is -0.352 e. The molecule has 0 aromatic heterocycles. The molecule has 1 rings (SSSR count). The maximum atomic E-state index is 12.3. The molecule has 1 aromatic rings. The number of rotatable bonds is 7. The number of carbonyl (C=O) groups excluding carboxylic acids is 1. The Hall–Kier alpha value is -1.40. The molecule has 0 bridgehead atoms. The van der Waals surface area contributed by atoms with Crippen LogP contribution in [0.25, 0.3) is 0 Å². The molecule has 1 aromatic carbocycles. The quantitative estimate of drug-likeness (QED) is 0.836. The molecule has 0 spiro atoms. The molecule has 0 saturated carbocycles. The number of sulfonamides is 1. The van der Waals surface area contributed by atoms with Crippen LogP contribution in [0.2, 0.25) is 0 Å². The molecule has 6 heteroatoms. The molecule has 0 unspecified atom stereocenters. The summed E-state index contributed by atoms with van der Waals surface area (Å²) < 4.78 is 25.8. The molecular weight excluding hydrogens is 288 g/mol. The summed E-state index contributed by atoms with van der Waals surface area (Å²) in [5, 5.41) is 2.83. The fraction of sp³-hybridized carbons (Fsp3) is 0.533. The maximum absolute atomic E-state index is 12.3. The Morgan fingerprint density at radius 2 is 1.71 bits per heavy atom. The Labute approximate surface area is 127 Å². The summed E-state index contributed by atoms with van der Waals surface area (Å²) in [4.78, 5) is 12.1. The number of nitrogens with zero attached hydrogens (tertiary/aromatic N) is 1. The van der Waals surface area contributed by atoms with E-state index in [9.17, 15) is 13.2 Å². The Kier molecular flexibility index (Phi) is 6.36. The molecule has 0 radical (unpaired) electrons. The summed E-state index contributed by atoms with van der Waals surface area (Å²) in [5.74, 6) is -0.276. The minimum atomic E-state index is -3.63. The zero-order valence-electron chi connectivity index (χ0n) is 13.1. The van der Waals surface area contributed by atoms with Crippen LogP contribution in [-0.2, 0) is 14.8 Å². The van der Waals surface area contributed by atoms with Crippen molar-refractivity contribution in [3.05, 3.63) is 29.8 Å². The molecule has 118 valence electrons. The molecule has 0 aliphatic rings. The first-order chi connectivity index (χ1) is 9.81. The summed E-state index contributed by atoms with van der Waals surface area (Å²) in [6, 6.07) is 6.68. The fourth-order valence-corrected chi connectivity index (χ4v) is 3.07. The predicted octanol–water partition coefficient (Wildman–Crippen LogP) is 1.92. The first-order valence-corrected chi connectivity index (χ1v) is 8.57. The van der Waals surface area contributed by atoms with Crippen LogP contribution in [0.4, 0.5) is 0 Å². The Morgan fingerprint density at radius 1 is 1.19 bits per heavy atom. The van der Waals surface area contributed by atoms with Crippen LogP contribution in [0.3, 0.4) is 0 Å². The number of likely N-dealkylation sites (N-methyl/N-ethyl adjacent to an activating group) is 1. The van der Waals surface area contributed by atoms with E-state index in [1.165, 1.54) is 7.05 Å². The second-order valence-electron chi connectivity index (χ2n) is 5.16. The van der Waals surface area contributed by atoms with Gasteiger partial charge in [0.15, 0.2) is 0 Å². The van der Waals surface area contributed by atoms with Crippen molar-refractivity contribution in [2.45, 2.75) is 44.6 Å². The number of aryl methyl sites for hydroxylation is 1. The van der Waals surface area contributed by atoms with Gasteiger partial charge in [0.1, 0.15) is 0 Å². The average Bonchev–Trinajstić information content (AvgIpc) is 2.45. The van der Waals surface area contributed by atoms with Crippen LogP contribution < -0.4 is 5.32 Å². The third kappa shape index (κ3) is 4.82. The monoisotopic (exact) mass is 312 g/mol. The fourth-order valence-electron chi connectivity index (χ4n) is 1.94. The number of hydrogen-bond acceptors (Lipinski definition) is 3. The predicted molar refractivity (Wildman–Crippen MR) is 83.5 cm³/mol. The largest absolute Gasteiger partial charge is 0.352 e. The van der Waals surface area contributed by atoms with Gasteiger partial charge in [-0.25, -0.2) is 8.42 Å². The molecule has 0 fully saturated rings. The SMILES string of the molecule is CCC(CC)NC(=O)CN(C)S(=O)(=O)c1ccc(C)cc1. The summed E-state index contributed by atoms with van der Waals surface area (Å²) >= 11 is 0. The van der Waals surface area contributed by atoms with Crippen molar-refractivity contribution in [1.82, 2.24) is 9.62 Å². The van der Waals surface area contributed by atoms with E-state index in [2.05, 4.69) is 5.32 Å². The zero-order valence-corrected chi connectivity index (χ0v) is 13.9. The van der Waals surface area contributed by atoms with Crippen molar-refractivity contribution in [2.24, 2.45) is 0 Å². The topological polar surface area (TPSA) is 66.5 Å². The van der Waals surface area contributed by atoms with E-state index in [0.29, 0.717) is 0 Å². The van der Waals surface area contributed by atoms with Crippen LogP contribution >= 0.6 is 0 Å².